The first-order valence-corrected chi connectivity index (χ1v) is 8.23. The zero-order valence-corrected chi connectivity index (χ0v) is 13.3. The highest BCUT2D eigenvalue weighted by Crippen LogP contribution is 2.53. The number of hydrogen-bond acceptors (Lipinski definition) is 2. The van der Waals surface area contributed by atoms with Gasteiger partial charge in [0, 0.05) is 19.0 Å². The molecule has 23 heavy (non-hydrogen) atoms. The normalized spacial score (nSPS) is 25.9. The Balaban J connectivity index is 1.52. The highest BCUT2D eigenvalue weighted by atomic mass is 16.5. The van der Waals surface area contributed by atoms with Crippen molar-refractivity contribution in [1.82, 2.24) is 4.90 Å². The van der Waals surface area contributed by atoms with Crippen LogP contribution in [0, 0.1) is 11.8 Å². The fourth-order valence-electron chi connectivity index (χ4n) is 4.14. The predicted molar refractivity (Wildman–Crippen MR) is 89.2 cm³/mol. The summed E-state index contributed by atoms with van der Waals surface area (Å²) in [6.07, 6.45) is 1.09. The van der Waals surface area contributed by atoms with E-state index in [1.165, 1.54) is 11.1 Å². The van der Waals surface area contributed by atoms with Crippen LogP contribution >= 0.6 is 0 Å². The first-order valence-electron chi connectivity index (χ1n) is 8.23. The van der Waals surface area contributed by atoms with Gasteiger partial charge in [-0.25, -0.2) is 0 Å². The van der Waals surface area contributed by atoms with Gasteiger partial charge in [-0.1, -0.05) is 48.5 Å². The summed E-state index contributed by atoms with van der Waals surface area (Å²) in [6, 6.07) is 18.4. The predicted octanol–water partition coefficient (Wildman–Crippen LogP) is 3.46. The molecule has 0 N–H and O–H groups in total. The molecule has 1 saturated heterocycles. The summed E-state index contributed by atoms with van der Waals surface area (Å²) in [6.45, 7) is 1.62. The minimum absolute atomic E-state index is 0.134. The Morgan fingerprint density at radius 3 is 2.61 bits per heavy atom. The van der Waals surface area contributed by atoms with Crippen LogP contribution in [-0.2, 0) is 11.3 Å². The molecule has 3 atom stereocenters. The largest absolute Gasteiger partial charge is 0.496 e. The molecule has 1 amide bonds. The molecule has 3 unspecified atom stereocenters. The van der Waals surface area contributed by atoms with Crippen molar-refractivity contribution in [1.29, 1.82) is 0 Å². The molecule has 3 nitrogen and oxygen atoms in total. The fourth-order valence-corrected chi connectivity index (χ4v) is 4.14. The summed E-state index contributed by atoms with van der Waals surface area (Å²) in [5.41, 5.74) is 2.39. The number of para-hydroxylation sites is 1. The molecule has 0 bridgehead atoms. The van der Waals surface area contributed by atoms with E-state index in [-0.39, 0.29) is 5.92 Å². The summed E-state index contributed by atoms with van der Waals surface area (Å²) < 4.78 is 5.48. The summed E-state index contributed by atoms with van der Waals surface area (Å²) in [4.78, 5) is 14.9. The first kappa shape index (κ1) is 14.3. The molecule has 0 aromatic heterocycles. The number of methoxy groups -OCH3 is 1. The van der Waals surface area contributed by atoms with Gasteiger partial charge in [-0.05, 0) is 35.4 Å². The van der Waals surface area contributed by atoms with E-state index in [4.69, 9.17) is 4.74 Å². The number of carbonyl (C=O) groups excluding carboxylic acids is 1. The molecule has 1 aliphatic carbocycles. The average molecular weight is 307 g/mol. The SMILES string of the molecule is COc1ccccc1C1CC2CN(Cc3ccccc3)C(=O)C21. The van der Waals surface area contributed by atoms with E-state index in [1.54, 1.807) is 7.11 Å². The number of hydrogen-bond donors (Lipinski definition) is 0. The highest BCUT2D eigenvalue weighted by Gasteiger charge is 2.53. The Kier molecular flexibility index (Phi) is 3.56. The highest BCUT2D eigenvalue weighted by molar-refractivity contribution is 5.84. The van der Waals surface area contributed by atoms with Crippen LogP contribution in [0.1, 0.15) is 23.5 Å². The van der Waals surface area contributed by atoms with Gasteiger partial charge in [-0.2, -0.15) is 0 Å². The second kappa shape index (κ2) is 5.73. The molecular formula is C20H21NO2. The number of likely N-dealkylation sites (tertiary alicyclic amines) is 1. The molecule has 2 aromatic rings. The second-order valence-electron chi connectivity index (χ2n) is 6.57. The van der Waals surface area contributed by atoms with Crippen LogP contribution in [0.5, 0.6) is 5.75 Å². The molecule has 2 aliphatic rings. The average Bonchev–Trinajstić information content (AvgIpc) is 2.80. The summed E-state index contributed by atoms with van der Waals surface area (Å²) in [5, 5.41) is 0. The number of carbonyl (C=O) groups is 1. The summed E-state index contributed by atoms with van der Waals surface area (Å²) >= 11 is 0. The second-order valence-corrected chi connectivity index (χ2v) is 6.57. The van der Waals surface area contributed by atoms with Gasteiger partial charge in [0.05, 0.1) is 7.11 Å². The molecule has 2 aromatic carbocycles. The van der Waals surface area contributed by atoms with Gasteiger partial charge in [0.25, 0.3) is 0 Å². The Morgan fingerprint density at radius 2 is 1.83 bits per heavy atom. The third-order valence-electron chi connectivity index (χ3n) is 5.30. The van der Waals surface area contributed by atoms with E-state index in [2.05, 4.69) is 18.2 Å². The smallest absolute Gasteiger partial charge is 0.226 e. The van der Waals surface area contributed by atoms with Gasteiger partial charge in [0.1, 0.15) is 5.75 Å². The minimum Gasteiger partial charge on any atom is -0.496 e. The summed E-state index contributed by atoms with van der Waals surface area (Å²) in [7, 11) is 1.70. The third-order valence-corrected chi connectivity index (χ3v) is 5.30. The Bertz CT molecular complexity index is 713. The number of amides is 1. The van der Waals surface area contributed by atoms with E-state index < -0.39 is 0 Å². The molecule has 118 valence electrons. The van der Waals surface area contributed by atoms with Crippen LogP contribution in [0.25, 0.3) is 0 Å². The molecule has 0 radical (unpaired) electrons. The van der Waals surface area contributed by atoms with Crippen LogP contribution in [-0.4, -0.2) is 24.5 Å². The van der Waals surface area contributed by atoms with Gasteiger partial charge in [0.15, 0.2) is 0 Å². The maximum atomic E-state index is 12.8. The van der Waals surface area contributed by atoms with E-state index in [1.807, 2.05) is 41.3 Å². The number of rotatable bonds is 4. The van der Waals surface area contributed by atoms with E-state index in [9.17, 15) is 4.79 Å². The number of fused-ring (bicyclic) bond motifs is 1. The van der Waals surface area contributed by atoms with E-state index in [0.717, 1.165) is 25.3 Å². The van der Waals surface area contributed by atoms with Gasteiger partial charge in [-0.3, -0.25) is 4.79 Å². The molecule has 3 heteroatoms. The van der Waals surface area contributed by atoms with Crippen LogP contribution in [0.2, 0.25) is 0 Å². The van der Waals surface area contributed by atoms with Gasteiger partial charge in [-0.15, -0.1) is 0 Å². The van der Waals surface area contributed by atoms with Crippen molar-refractivity contribution in [2.45, 2.75) is 18.9 Å². The number of benzene rings is 2. The maximum absolute atomic E-state index is 12.8. The molecule has 0 spiro atoms. The van der Waals surface area contributed by atoms with Crippen LogP contribution in [0.3, 0.4) is 0 Å². The zero-order valence-electron chi connectivity index (χ0n) is 13.3. The van der Waals surface area contributed by atoms with Gasteiger partial charge >= 0.3 is 0 Å². The van der Waals surface area contributed by atoms with Crippen molar-refractivity contribution in [2.75, 3.05) is 13.7 Å². The molecule has 4 rings (SSSR count). The lowest BCUT2D eigenvalue weighted by Gasteiger charge is -2.38. The van der Waals surface area contributed by atoms with E-state index in [0.29, 0.717) is 17.7 Å². The van der Waals surface area contributed by atoms with Gasteiger partial charge in [0.2, 0.25) is 5.91 Å². The quantitative estimate of drug-likeness (QED) is 0.866. The van der Waals surface area contributed by atoms with Crippen molar-refractivity contribution in [3.8, 4) is 5.75 Å². The van der Waals surface area contributed by atoms with E-state index >= 15 is 0 Å². The van der Waals surface area contributed by atoms with Gasteiger partial charge < -0.3 is 9.64 Å². The zero-order chi connectivity index (χ0) is 15.8. The Hall–Kier alpha value is -2.29. The molecule has 1 heterocycles. The maximum Gasteiger partial charge on any atom is 0.226 e. The van der Waals surface area contributed by atoms with Crippen LogP contribution < -0.4 is 4.74 Å². The Labute approximate surface area is 136 Å². The fraction of sp³-hybridized carbons (Fsp3) is 0.350. The van der Waals surface area contributed by atoms with Crippen molar-refractivity contribution >= 4 is 5.91 Å². The first-order chi connectivity index (χ1) is 11.3. The lowest BCUT2D eigenvalue weighted by molar-refractivity contribution is -0.133. The number of ether oxygens (including phenoxy) is 1. The van der Waals surface area contributed by atoms with Crippen LogP contribution in [0.15, 0.2) is 54.6 Å². The van der Waals surface area contributed by atoms with Crippen molar-refractivity contribution < 1.29 is 9.53 Å². The van der Waals surface area contributed by atoms with Crippen molar-refractivity contribution in [3.63, 3.8) is 0 Å². The molecule has 1 saturated carbocycles. The number of nitrogens with zero attached hydrogens (tertiary/aromatic N) is 1. The molecule has 1 aliphatic heterocycles. The third kappa shape index (κ3) is 2.40. The Morgan fingerprint density at radius 1 is 1.09 bits per heavy atom. The monoisotopic (exact) mass is 307 g/mol. The minimum atomic E-state index is 0.134. The lowest BCUT2D eigenvalue weighted by Crippen LogP contribution is -2.36. The van der Waals surface area contributed by atoms with Crippen LogP contribution in [0.4, 0.5) is 0 Å². The molecule has 2 fully saturated rings. The molecular weight excluding hydrogens is 286 g/mol. The van der Waals surface area contributed by atoms with Crippen molar-refractivity contribution in [2.24, 2.45) is 11.8 Å². The van der Waals surface area contributed by atoms with Crippen molar-refractivity contribution in [3.05, 3.63) is 65.7 Å². The standard InChI is InChI=1S/C20H21NO2/c1-23-18-10-6-5-9-16(18)17-11-15-13-21(20(22)19(15)17)12-14-7-3-2-4-8-14/h2-10,15,17,19H,11-13H2,1H3. The summed E-state index contributed by atoms with van der Waals surface area (Å²) in [5.74, 6) is 2.16. The lowest BCUT2D eigenvalue weighted by atomic mass is 9.63. The topological polar surface area (TPSA) is 29.5 Å².